The molecule has 3 aromatic carbocycles. The quantitative estimate of drug-likeness (QED) is 0.252. The number of halogens is 2. The summed E-state index contributed by atoms with van der Waals surface area (Å²) in [5.74, 6) is 1.96. The highest BCUT2D eigenvalue weighted by atomic mass is 35.5. The largest absolute Gasteiger partial charge is 0.490 e. The van der Waals surface area contributed by atoms with E-state index in [1.165, 1.54) is 0 Å². The SMILES string of the molecule is CCOc1cc(CNn2c(-c3ccccc3)n[nH]c2=S)ccc1OCc1c(Cl)cccc1Cl. The minimum absolute atomic E-state index is 0.237. The van der Waals surface area contributed by atoms with E-state index in [9.17, 15) is 0 Å². The summed E-state index contributed by atoms with van der Waals surface area (Å²) in [5.41, 5.74) is 6.00. The van der Waals surface area contributed by atoms with Crippen LogP contribution in [0, 0.1) is 4.77 Å². The van der Waals surface area contributed by atoms with Crippen LogP contribution in [0.15, 0.2) is 66.7 Å². The van der Waals surface area contributed by atoms with E-state index in [0.29, 0.717) is 45.3 Å². The molecule has 0 atom stereocenters. The Balaban J connectivity index is 1.51. The van der Waals surface area contributed by atoms with Crippen LogP contribution in [0.3, 0.4) is 0 Å². The van der Waals surface area contributed by atoms with Gasteiger partial charge in [-0.2, -0.15) is 5.10 Å². The molecule has 0 aliphatic carbocycles. The van der Waals surface area contributed by atoms with E-state index in [4.69, 9.17) is 44.9 Å². The van der Waals surface area contributed by atoms with Crippen LogP contribution >= 0.6 is 35.4 Å². The van der Waals surface area contributed by atoms with Crippen LogP contribution < -0.4 is 14.9 Å². The highest BCUT2D eigenvalue weighted by Crippen LogP contribution is 2.32. The van der Waals surface area contributed by atoms with Crippen LogP contribution in [0.1, 0.15) is 18.1 Å². The fourth-order valence-corrected chi connectivity index (χ4v) is 3.97. The van der Waals surface area contributed by atoms with Crippen LogP contribution in [-0.4, -0.2) is 21.5 Å². The average Bonchev–Trinajstić information content (AvgIpc) is 3.19. The smallest absolute Gasteiger partial charge is 0.214 e. The zero-order valence-corrected chi connectivity index (χ0v) is 20.2. The fourth-order valence-electron chi connectivity index (χ4n) is 3.26. The second kappa shape index (κ2) is 10.7. The molecule has 9 heteroatoms. The van der Waals surface area contributed by atoms with Gasteiger partial charge in [0.25, 0.3) is 0 Å². The van der Waals surface area contributed by atoms with Crippen molar-refractivity contribution in [3.8, 4) is 22.9 Å². The first-order valence-corrected chi connectivity index (χ1v) is 11.5. The average molecular weight is 501 g/mol. The van der Waals surface area contributed by atoms with Gasteiger partial charge in [0.15, 0.2) is 17.3 Å². The van der Waals surface area contributed by atoms with E-state index >= 15 is 0 Å². The maximum atomic E-state index is 6.26. The molecule has 2 N–H and O–H groups in total. The molecule has 0 saturated heterocycles. The van der Waals surface area contributed by atoms with Crippen molar-refractivity contribution in [2.45, 2.75) is 20.1 Å². The van der Waals surface area contributed by atoms with Crippen molar-refractivity contribution in [3.05, 3.63) is 92.7 Å². The molecule has 0 saturated carbocycles. The number of nitrogens with zero attached hydrogens (tertiary/aromatic N) is 2. The number of hydrogen-bond acceptors (Lipinski definition) is 5. The van der Waals surface area contributed by atoms with Gasteiger partial charge in [0, 0.05) is 21.2 Å². The second-order valence-electron chi connectivity index (χ2n) is 7.09. The van der Waals surface area contributed by atoms with E-state index in [0.717, 1.165) is 16.7 Å². The second-order valence-corrected chi connectivity index (χ2v) is 8.29. The molecule has 6 nitrogen and oxygen atoms in total. The molecule has 0 spiro atoms. The summed E-state index contributed by atoms with van der Waals surface area (Å²) >= 11 is 17.9. The van der Waals surface area contributed by atoms with Gasteiger partial charge in [0.05, 0.1) is 13.2 Å². The lowest BCUT2D eigenvalue weighted by atomic mass is 10.2. The molecule has 0 aliphatic rings. The van der Waals surface area contributed by atoms with Crippen LogP contribution in [-0.2, 0) is 13.2 Å². The van der Waals surface area contributed by atoms with Crippen LogP contribution in [0.5, 0.6) is 11.5 Å². The van der Waals surface area contributed by atoms with Crippen LogP contribution in [0.25, 0.3) is 11.4 Å². The zero-order valence-electron chi connectivity index (χ0n) is 17.8. The molecule has 4 aromatic rings. The number of rotatable bonds is 9. The van der Waals surface area contributed by atoms with Gasteiger partial charge < -0.3 is 14.9 Å². The zero-order chi connectivity index (χ0) is 23.2. The van der Waals surface area contributed by atoms with E-state index in [1.807, 2.05) is 55.5 Å². The third-order valence-electron chi connectivity index (χ3n) is 4.89. The fraction of sp³-hybridized carbons (Fsp3) is 0.167. The van der Waals surface area contributed by atoms with Crippen LogP contribution in [0.2, 0.25) is 10.0 Å². The highest BCUT2D eigenvalue weighted by molar-refractivity contribution is 7.71. The molecule has 0 fully saturated rings. The Hall–Kier alpha value is -3.00. The first kappa shape index (κ1) is 23.2. The summed E-state index contributed by atoms with van der Waals surface area (Å²) in [6.07, 6.45) is 0. The minimum Gasteiger partial charge on any atom is -0.490 e. The van der Waals surface area contributed by atoms with Crippen molar-refractivity contribution in [1.29, 1.82) is 0 Å². The molecular formula is C24H22Cl2N4O2S. The first-order valence-electron chi connectivity index (χ1n) is 10.3. The molecule has 4 rings (SSSR count). The summed E-state index contributed by atoms with van der Waals surface area (Å²) in [6, 6.07) is 21.0. The molecule has 0 bridgehead atoms. The lowest BCUT2D eigenvalue weighted by Crippen LogP contribution is -2.16. The minimum atomic E-state index is 0.237. The van der Waals surface area contributed by atoms with E-state index in [-0.39, 0.29) is 6.61 Å². The summed E-state index contributed by atoms with van der Waals surface area (Å²) in [6.45, 7) is 3.17. The maximum absolute atomic E-state index is 6.26. The van der Waals surface area contributed by atoms with Crippen molar-refractivity contribution in [1.82, 2.24) is 14.9 Å². The van der Waals surface area contributed by atoms with Crippen molar-refractivity contribution in [3.63, 3.8) is 0 Å². The molecule has 0 amide bonds. The Bertz CT molecular complexity index is 1270. The van der Waals surface area contributed by atoms with E-state index in [1.54, 1.807) is 22.9 Å². The number of hydrogen-bond donors (Lipinski definition) is 2. The monoisotopic (exact) mass is 500 g/mol. The summed E-state index contributed by atoms with van der Waals surface area (Å²) in [4.78, 5) is 0. The molecule has 1 aromatic heterocycles. The van der Waals surface area contributed by atoms with Gasteiger partial charge in [-0.1, -0.05) is 65.7 Å². The molecule has 0 aliphatic heterocycles. The van der Waals surface area contributed by atoms with E-state index < -0.39 is 0 Å². The van der Waals surface area contributed by atoms with Gasteiger partial charge >= 0.3 is 0 Å². The number of aromatic nitrogens is 3. The van der Waals surface area contributed by atoms with Gasteiger partial charge in [0.2, 0.25) is 4.77 Å². The topological polar surface area (TPSA) is 64.1 Å². The Morgan fingerprint density at radius 3 is 2.45 bits per heavy atom. The van der Waals surface area contributed by atoms with Gasteiger partial charge in [-0.15, -0.1) is 0 Å². The number of aromatic amines is 1. The summed E-state index contributed by atoms with van der Waals surface area (Å²) in [7, 11) is 0. The molecule has 1 heterocycles. The molecular weight excluding hydrogens is 479 g/mol. The summed E-state index contributed by atoms with van der Waals surface area (Å²) in [5, 5.41) is 8.31. The Kier molecular flexibility index (Phi) is 7.54. The number of benzene rings is 3. The molecule has 0 unspecified atom stereocenters. The van der Waals surface area contributed by atoms with Crippen molar-refractivity contribution in [2.24, 2.45) is 0 Å². The van der Waals surface area contributed by atoms with Gasteiger partial charge in [-0.25, -0.2) is 9.77 Å². The highest BCUT2D eigenvalue weighted by Gasteiger charge is 2.12. The van der Waals surface area contributed by atoms with Gasteiger partial charge in [-0.3, -0.25) is 0 Å². The lowest BCUT2D eigenvalue weighted by molar-refractivity contribution is 0.269. The summed E-state index contributed by atoms with van der Waals surface area (Å²) < 4.78 is 14.0. The van der Waals surface area contributed by atoms with Crippen LogP contribution in [0.4, 0.5) is 0 Å². The van der Waals surface area contributed by atoms with Crippen molar-refractivity contribution in [2.75, 3.05) is 12.0 Å². The normalized spacial score (nSPS) is 10.8. The third-order valence-corrected chi connectivity index (χ3v) is 5.87. The van der Waals surface area contributed by atoms with Crippen molar-refractivity contribution < 1.29 is 9.47 Å². The number of H-pyrrole nitrogens is 1. The van der Waals surface area contributed by atoms with E-state index in [2.05, 4.69) is 15.6 Å². The maximum Gasteiger partial charge on any atom is 0.214 e. The molecule has 0 radical (unpaired) electrons. The molecule has 170 valence electrons. The predicted molar refractivity (Wildman–Crippen MR) is 134 cm³/mol. The number of ether oxygens (including phenoxy) is 2. The standard InChI is InChI=1S/C24H22Cl2N4O2S/c1-2-31-22-13-16(11-12-21(22)32-15-18-19(25)9-6-10-20(18)26)14-27-30-23(28-29-24(30)33)17-7-4-3-5-8-17/h3-13,27H,2,14-15H2,1H3,(H,29,33). The predicted octanol–water partition coefficient (Wildman–Crippen LogP) is 6.64. The first-order chi connectivity index (χ1) is 16.1. The lowest BCUT2D eigenvalue weighted by Gasteiger charge is -2.15. The Morgan fingerprint density at radius 2 is 1.73 bits per heavy atom. The molecule has 33 heavy (non-hydrogen) atoms. The Morgan fingerprint density at radius 1 is 0.970 bits per heavy atom. The Labute approximate surface area is 207 Å². The van der Waals surface area contributed by atoms with Crippen molar-refractivity contribution >= 4 is 35.4 Å². The number of nitrogens with one attached hydrogen (secondary N) is 2. The van der Waals surface area contributed by atoms with Gasteiger partial charge in [0.1, 0.15) is 6.61 Å². The third kappa shape index (κ3) is 5.50. The van der Waals surface area contributed by atoms with Gasteiger partial charge in [-0.05, 0) is 49.0 Å².